The first-order valence-electron chi connectivity index (χ1n) is 7.30. The number of carbonyl (C=O) groups is 1. The largest absolute Gasteiger partial charge is 0.395 e. The van der Waals surface area contributed by atoms with Crippen molar-refractivity contribution in [3.8, 4) is 21.8 Å². The molecule has 3 aromatic rings. The Bertz CT molecular complexity index is 785. The Kier molecular flexibility index (Phi) is 4.80. The molecule has 3 rings (SSSR count). The second-order valence-electron chi connectivity index (χ2n) is 4.91. The monoisotopic (exact) mass is 324 g/mol. The molecule has 1 aromatic heterocycles. The van der Waals surface area contributed by atoms with Gasteiger partial charge >= 0.3 is 0 Å². The number of aliphatic hydroxyl groups is 1. The van der Waals surface area contributed by atoms with Crippen LogP contribution in [0.15, 0.2) is 60.7 Å². The minimum absolute atomic E-state index is 0.0866. The van der Waals surface area contributed by atoms with E-state index >= 15 is 0 Å². The molecule has 0 radical (unpaired) electrons. The first-order valence-corrected chi connectivity index (χ1v) is 8.12. The Morgan fingerprint density at radius 3 is 2.22 bits per heavy atom. The predicted molar refractivity (Wildman–Crippen MR) is 92.4 cm³/mol. The summed E-state index contributed by atoms with van der Waals surface area (Å²) in [6.45, 7) is 0.141. The van der Waals surface area contributed by atoms with Crippen molar-refractivity contribution in [3.05, 3.63) is 65.5 Å². The molecule has 0 aliphatic heterocycles. The summed E-state index contributed by atoms with van der Waals surface area (Å²) in [5.74, 6) is -0.211. The topological polar surface area (TPSA) is 62.2 Å². The van der Waals surface area contributed by atoms with E-state index in [1.807, 2.05) is 60.7 Å². The molecule has 116 valence electrons. The number of nitrogens with zero attached hydrogens (tertiary/aromatic N) is 1. The molecule has 5 heteroatoms. The van der Waals surface area contributed by atoms with Gasteiger partial charge < -0.3 is 10.4 Å². The zero-order valence-electron chi connectivity index (χ0n) is 12.4. The lowest BCUT2D eigenvalue weighted by molar-refractivity contribution is 0.0949. The lowest BCUT2D eigenvalue weighted by Crippen LogP contribution is -2.26. The molecule has 0 saturated carbocycles. The van der Waals surface area contributed by atoms with E-state index in [0.717, 1.165) is 16.1 Å². The summed E-state index contributed by atoms with van der Waals surface area (Å²) in [7, 11) is 0. The Morgan fingerprint density at radius 1 is 1.00 bits per heavy atom. The first-order chi connectivity index (χ1) is 11.3. The van der Waals surface area contributed by atoms with Crippen molar-refractivity contribution in [2.24, 2.45) is 0 Å². The van der Waals surface area contributed by atoms with Crippen LogP contribution >= 0.6 is 11.3 Å². The van der Waals surface area contributed by atoms with Crippen LogP contribution in [0.4, 0.5) is 0 Å². The van der Waals surface area contributed by atoms with Crippen LogP contribution in [-0.4, -0.2) is 29.1 Å². The van der Waals surface area contributed by atoms with Crippen LogP contribution in [0.3, 0.4) is 0 Å². The number of aromatic nitrogens is 1. The highest BCUT2D eigenvalue weighted by molar-refractivity contribution is 7.17. The van der Waals surface area contributed by atoms with E-state index in [0.29, 0.717) is 10.6 Å². The lowest BCUT2D eigenvalue weighted by atomic mass is 10.1. The standard InChI is InChI=1S/C18H16N2O2S/c21-12-11-19-17(22)16-15(13-7-3-1-4-8-13)20-18(23-16)14-9-5-2-6-10-14/h1-10,21H,11-12H2,(H,19,22). The molecule has 2 aromatic carbocycles. The van der Waals surface area contributed by atoms with Gasteiger partial charge in [-0.15, -0.1) is 11.3 Å². The molecule has 4 nitrogen and oxygen atoms in total. The smallest absolute Gasteiger partial charge is 0.263 e. The van der Waals surface area contributed by atoms with Crippen molar-refractivity contribution in [3.63, 3.8) is 0 Å². The molecular formula is C18H16N2O2S. The number of thiazole rings is 1. The average Bonchev–Trinajstić information content (AvgIpc) is 3.07. The fourth-order valence-corrected chi connectivity index (χ4v) is 3.23. The van der Waals surface area contributed by atoms with Crippen molar-refractivity contribution in [2.45, 2.75) is 0 Å². The highest BCUT2D eigenvalue weighted by atomic mass is 32.1. The summed E-state index contributed by atoms with van der Waals surface area (Å²) < 4.78 is 0. The molecule has 1 heterocycles. The Balaban J connectivity index is 2.05. The number of rotatable bonds is 5. The highest BCUT2D eigenvalue weighted by Gasteiger charge is 2.19. The van der Waals surface area contributed by atoms with E-state index in [9.17, 15) is 4.79 Å². The Morgan fingerprint density at radius 2 is 1.61 bits per heavy atom. The van der Waals surface area contributed by atoms with Crippen LogP contribution in [0.25, 0.3) is 21.8 Å². The van der Waals surface area contributed by atoms with Crippen LogP contribution in [-0.2, 0) is 0 Å². The van der Waals surface area contributed by atoms with Gasteiger partial charge in [0.2, 0.25) is 0 Å². The summed E-state index contributed by atoms with van der Waals surface area (Å²) in [5, 5.41) is 12.4. The summed E-state index contributed by atoms with van der Waals surface area (Å²) in [6.07, 6.45) is 0. The fourth-order valence-electron chi connectivity index (χ4n) is 2.22. The molecule has 1 amide bonds. The number of amides is 1. The molecule has 23 heavy (non-hydrogen) atoms. The zero-order chi connectivity index (χ0) is 16.1. The third-order valence-corrected chi connectivity index (χ3v) is 4.40. The minimum atomic E-state index is -0.211. The molecular weight excluding hydrogens is 308 g/mol. The van der Waals surface area contributed by atoms with Gasteiger partial charge in [0, 0.05) is 17.7 Å². The predicted octanol–water partition coefficient (Wildman–Crippen LogP) is 3.20. The minimum Gasteiger partial charge on any atom is -0.395 e. The highest BCUT2D eigenvalue weighted by Crippen LogP contribution is 2.33. The number of aliphatic hydroxyl groups excluding tert-OH is 1. The molecule has 0 saturated heterocycles. The zero-order valence-corrected chi connectivity index (χ0v) is 13.2. The van der Waals surface area contributed by atoms with Gasteiger partial charge in [-0.1, -0.05) is 60.7 Å². The van der Waals surface area contributed by atoms with Gasteiger partial charge in [-0.25, -0.2) is 4.98 Å². The van der Waals surface area contributed by atoms with E-state index in [4.69, 9.17) is 5.11 Å². The van der Waals surface area contributed by atoms with Gasteiger partial charge in [0.25, 0.3) is 5.91 Å². The SMILES string of the molecule is O=C(NCCO)c1sc(-c2ccccc2)nc1-c1ccccc1. The molecule has 2 N–H and O–H groups in total. The third kappa shape index (κ3) is 3.47. The van der Waals surface area contributed by atoms with E-state index < -0.39 is 0 Å². The van der Waals surface area contributed by atoms with Gasteiger partial charge in [0.1, 0.15) is 9.88 Å². The van der Waals surface area contributed by atoms with Crippen LogP contribution in [0.5, 0.6) is 0 Å². The van der Waals surface area contributed by atoms with E-state index in [-0.39, 0.29) is 19.1 Å². The van der Waals surface area contributed by atoms with E-state index in [1.165, 1.54) is 11.3 Å². The fraction of sp³-hybridized carbons (Fsp3) is 0.111. The number of carbonyl (C=O) groups excluding carboxylic acids is 1. The Labute approximate surface area is 138 Å². The molecule has 0 aliphatic carbocycles. The molecule has 0 unspecified atom stereocenters. The summed E-state index contributed by atoms with van der Waals surface area (Å²) >= 11 is 1.36. The second-order valence-corrected chi connectivity index (χ2v) is 5.91. The van der Waals surface area contributed by atoms with Crippen molar-refractivity contribution < 1.29 is 9.90 Å². The van der Waals surface area contributed by atoms with Crippen LogP contribution in [0.2, 0.25) is 0 Å². The van der Waals surface area contributed by atoms with Crippen molar-refractivity contribution in [1.82, 2.24) is 10.3 Å². The maximum absolute atomic E-state index is 12.4. The number of nitrogens with one attached hydrogen (secondary N) is 1. The summed E-state index contributed by atoms with van der Waals surface area (Å²) in [4.78, 5) is 17.6. The molecule has 0 fully saturated rings. The maximum Gasteiger partial charge on any atom is 0.263 e. The average molecular weight is 324 g/mol. The van der Waals surface area contributed by atoms with Gasteiger partial charge in [0.15, 0.2) is 0 Å². The van der Waals surface area contributed by atoms with Gasteiger partial charge in [0.05, 0.1) is 12.3 Å². The van der Waals surface area contributed by atoms with Gasteiger partial charge in [-0.2, -0.15) is 0 Å². The number of hydrogen-bond acceptors (Lipinski definition) is 4. The molecule has 0 aliphatic rings. The normalized spacial score (nSPS) is 10.5. The maximum atomic E-state index is 12.4. The van der Waals surface area contributed by atoms with Crippen LogP contribution in [0.1, 0.15) is 9.67 Å². The van der Waals surface area contributed by atoms with Gasteiger partial charge in [-0.05, 0) is 0 Å². The quantitative estimate of drug-likeness (QED) is 0.757. The summed E-state index contributed by atoms with van der Waals surface area (Å²) in [6, 6.07) is 19.4. The second kappa shape index (κ2) is 7.17. The Hall–Kier alpha value is -2.50. The van der Waals surface area contributed by atoms with E-state index in [1.54, 1.807) is 0 Å². The van der Waals surface area contributed by atoms with Crippen LogP contribution < -0.4 is 5.32 Å². The number of benzene rings is 2. The lowest BCUT2D eigenvalue weighted by Gasteiger charge is -2.03. The van der Waals surface area contributed by atoms with Crippen molar-refractivity contribution in [2.75, 3.05) is 13.2 Å². The number of hydrogen-bond donors (Lipinski definition) is 2. The third-order valence-electron chi connectivity index (χ3n) is 3.30. The van der Waals surface area contributed by atoms with Crippen molar-refractivity contribution in [1.29, 1.82) is 0 Å². The summed E-state index contributed by atoms with van der Waals surface area (Å²) in [5.41, 5.74) is 2.56. The molecule has 0 bridgehead atoms. The molecule has 0 atom stereocenters. The van der Waals surface area contributed by atoms with Gasteiger partial charge in [-0.3, -0.25) is 4.79 Å². The molecule has 0 spiro atoms. The first kappa shape index (κ1) is 15.4. The van der Waals surface area contributed by atoms with Crippen molar-refractivity contribution >= 4 is 17.2 Å². The van der Waals surface area contributed by atoms with E-state index in [2.05, 4.69) is 10.3 Å². The van der Waals surface area contributed by atoms with Crippen LogP contribution in [0, 0.1) is 0 Å².